The van der Waals surface area contributed by atoms with E-state index >= 15 is 0 Å². The van der Waals surface area contributed by atoms with Gasteiger partial charge in [-0.2, -0.15) is 13.2 Å². The monoisotopic (exact) mass is 423 g/mol. The number of halogens is 3. The van der Waals surface area contributed by atoms with Crippen LogP contribution in [-0.2, 0) is 23.2 Å². The number of aryl methyl sites for hydroxylation is 1. The highest BCUT2D eigenvalue weighted by Gasteiger charge is 2.30. The molecule has 2 aromatic carbocycles. The summed E-state index contributed by atoms with van der Waals surface area (Å²) in [7, 11) is 0.866. The number of sulfonamides is 1. The van der Waals surface area contributed by atoms with E-state index in [4.69, 9.17) is 0 Å². The van der Waals surface area contributed by atoms with E-state index in [1.807, 2.05) is 0 Å². The van der Waals surface area contributed by atoms with Gasteiger partial charge in [-0.05, 0) is 42.5 Å². The maximum Gasteiger partial charge on any atom is 0.416 e. The van der Waals surface area contributed by atoms with E-state index in [-0.39, 0.29) is 4.90 Å². The second-order valence-electron chi connectivity index (χ2n) is 6.73. The fraction of sp³-hybridized carbons (Fsp3) is 0.222. The molecule has 0 fully saturated rings. The Bertz CT molecular complexity index is 1340. The van der Waals surface area contributed by atoms with Crippen LogP contribution in [0.5, 0.6) is 0 Å². The lowest BCUT2D eigenvalue weighted by molar-refractivity contribution is -0.137. The molecule has 11 heteroatoms. The van der Waals surface area contributed by atoms with E-state index in [1.54, 1.807) is 17.7 Å². The number of alkyl halides is 3. The van der Waals surface area contributed by atoms with Gasteiger partial charge in [0, 0.05) is 32.2 Å². The van der Waals surface area contributed by atoms with Crippen LogP contribution in [0.4, 0.5) is 13.2 Å². The molecule has 0 bridgehead atoms. The van der Waals surface area contributed by atoms with Gasteiger partial charge in [0.25, 0.3) is 0 Å². The first-order chi connectivity index (χ1) is 13.5. The molecule has 4 aromatic rings. The van der Waals surface area contributed by atoms with Crippen LogP contribution in [0.3, 0.4) is 0 Å². The summed E-state index contributed by atoms with van der Waals surface area (Å²) < 4.78 is 68.0. The minimum absolute atomic E-state index is 0.0899. The maximum atomic E-state index is 12.9. The molecule has 4 rings (SSSR count). The van der Waals surface area contributed by atoms with Gasteiger partial charge in [-0.1, -0.05) is 5.21 Å². The minimum Gasteiger partial charge on any atom is -0.293 e. The molecule has 152 valence electrons. The molecular weight excluding hydrogens is 407 g/mol. The topological polar surface area (TPSA) is 73.0 Å². The summed E-state index contributed by atoms with van der Waals surface area (Å²) in [6.07, 6.45) is -4.43. The largest absolute Gasteiger partial charge is 0.416 e. The van der Waals surface area contributed by atoms with E-state index in [0.29, 0.717) is 27.8 Å². The standard InChI is InChI=1S/C18H16F3N5O2S/c1-24(2)29(27,28)13-8-9-15-14(10-13)16-17(25(3)23-22-16)26(15)12-6-4-11(5-7-12)18(19,20)21/h4-10H,1-3H3. The Labute approximate surface area is 164 Å². The zero-order chi connectivity index (χ0) is 21.1. The van der Waals surface area contributed by atoms with Crippen LogP contribution in [0.2, 0.25) is 0 Å². The normalized spacial score (nSPS) is 13.1. The van der Waals surface area contributed by atoms with Crippen LogP contribution >= 0.6 is 0 Å². The van der Waals surface area contributed by atoms with Crippen molar-refractivity contribution in [1.82, 2.24) is 23.9 Å². The molecule has 2 aromatic heterocycles. The lowest BCUT2D eigenvalue weighted by atomic mass is 10.2. The van der Waals surface area contributed by atoms with E-state index in [9.17, 15) is 21.6 Å². The van der Waals surface area contributed by atoms with Crippen LogP contribution in [0.25, 0.3) is 27.8 Å². The smallest absolute Gasteiger partial charge is 0.293 e. The first kappa shape index (κ1) is 19.4. The third kappa shape index (κ3) is 2.97. The molecule has 0 unspecified atom stereocenters. The Morgan fingerprint density at radius 1 is 1.03 bits per heavy atom. The fourth-order valence-corrected chi connectivity index (χ4v) is 4.15. The number of hydrogen-bond donors (Lipinski definition) is 0. The molecule has 0 spiro atoms. The van der Waals surface area contributed by atoms with Crippen molar-refractivity contribution in [2.75, 3.05) is 14.1 Å². The SMILES string of the molecule is CN(C)S(=O)(=O)c1ccc2c(c1)c1nnn(C)c1n2-c1ccc(C(F)(F)F)cc1. The first-order valence-corrected chi connectivity index (χ1v) is 9.90. The number of rotatable bonds is 3. The highest BCUT2D eigenvalue weighted by molar-refractivity contribution is 7.89. The van der Waals surface area contributed by atoms with Crippen molar-refractivity contribution in [3.05, 3.63) is 48.0 Å². The van der Waals surface area contributed by atoms with Gasteiger partial charge in [0.1, 0.15) is 5.52 Å². The third-order valence-corrected chi connectivity index (χ3v) is 6.52. The van der Waals surface area contributed by atoms with Gasteiger partial charge in [0.2, 0.25) is 10.0 Å². The average Bonchev–Trinajstić information content (AvgIpc) is 3.18. The minimum atomic E-state index is -4.43. The van der Waals surface area contributed by atoms with Gasteiger partial charge < -0.3 is 0 Å². The Morgan fingerprint density at radius 3 is 2.28 bits per heavy atom. The van der Waals surface area contributed by atoms with Gasteiger partial charge in [-0.3, -0.25) is 4.57 Å². The molecule has 2 heterocycles. The molecule has 0 saturated heterocycles. The molecule has 0 amide bonds. The van der Waals surface area contributed by atoms with Crippen LogP contribution < -0.4 is 0 Å². The molecule has 0 atom stereocenters. The van der Waals surface area contributed by atoms with Crippen molar-refractivity contribution in [1.29, 1.82) is 0 Å². The summed E-state index contributed by atoms with van der Waals surface area (Å²) in [6, 6.07) is 9.31. The van der Waals surface area contributed by atoms with Crippen LogP contribution in [0, 0.1) is 0 Å². The molecule has 29 heavy (non-hydrogen) atoms. The van der Waals surface area contributed by atoms with Gasteiger partial charge >= 0.3 is 6.18 Å². The zero-order valence-corrected chi connectivity index (χ0v) is 16.5. The number of hydrogen-bond acceptors (Lipinski definition) is 4. The van der Waals surface area contributed by atoms with Crippen LogP contribution in [-0.4, -0.2) is 46.4 Å². The number of benzene rings is 2. The lowest BCUT2D eigenvalue weighted by Crippen LogP contribution is -2.22. The Hall–Kier alpha value is -2.92. The van der Waals surface area contributed by atoms with E-state index in [2.05, 4.69) is 10.3 Å². The predicted octanol–water partition coefficient (Wildman–Crippen LogP) is 3.18. The van der Waals surface area contributed by atoms with E-state index < -0.39 is 21.8 Å². The molecule has 0 aliphatic rings. The van der Waals surface area contributed by atoms with E-state index in [0.717, 1.165) is 16.4 Å². The maximum absolute atomic E-state index is 12.9. The van der Waals surface area contributed by atoms with Crippen molar-refractivity contribution in [3.8, 4) is 5.69 Å². The second-order valence-corrected chi connectivity index (χ2v) is 8.88. The highest BCUT2D eigenvalue weighted by atomic mass is 32.2. The zero-order valence-electron chi connectivity index (χ0n) is 15.6. The summed E-state index contributed by atoms with van der Waals surface area (Å²) in [4.78, 5) is 0.0899. The Balaban J connectivity index is 2.00. The van der Waals surface area contributed by atoms with Gasteiger partial charge in [-0.15, -0.1) is 5.10 Å². The molecule has 0 aliphatic carbocycles. The van der Waals surface area contributed by atoms with Gasteiger partial charge in [0.05, 0.1) is 16.0 Å². The van der Waals surface area contributed by atoms with Crippen LogP contribution in [0.1, 0.15) is 5.56 Å². The second kappa shape index (κ2) is 6.29. The number of fused-ring (bicyclic) bond motifs is 3. The van der Waals surface area contributed by atoms with Gasteiger partial charge in [0.15, 0.2) is 5.65 Å². The first-order valence-electron chi connectivity index (χ1n) is 8.46. The highest BCUT2D eigenvalue weighted by Crippen LogP contribution is 2.34. The number of aromatic nitrogens is 4. The fourth-order valence-electron chi connectivity index (χ4n) is 3.22. The molecule has 7 nitrogen and oxygen atoms in total. The summed E-state index contributed by atoms with van der Waals surface area (Å²) in [5, 5.41) is 8.64. The van der Waals surface area contributed by atoms with Crippen molar-refractivity contribution >= 4 is 32.1 Å². The third-order valence-electron chi connectivity index (χ3n) is 4.70. The van der Waals surface area contributed by atoms with E-state index in [1.165, 1.54) is 43.0 Å². The molecule has 0 aliphatic heterocycles. The Morgan fingerprint density at radius 2 is 1.69 bits per heavy atom. The average molecular weight is 423 g/mol. The van der Waals surface area contributed by atoms with Crippen molar-refractivity contribution < 1.29 is 21.6 Å². The molecule has 0 radical (unpaired) electrons. The quantitative estimate of drug-likeness (QED) is 0.507. The predicted molar refractivity (Wildman–Crippen MR) is 101 cm³/mol. The lowest BCUT2D eigenvalue weighted by Gasteiger charge is -2.12. The van der Waals surface area contributed by atoms with Crippen LogP contribution in [0.15, 0.2) is 47.4 Å². The summed E-state index contributed by atoms with van der Waals surface area (Å²) >= 11 is 0. The molecule has 0 saturated carbocycles. The molecular formula is C18H16F3N5O2S. The van der Waals surface area contributed by atoms with Crippen molar-refractivity contribution in [2.45, 2.75) is 11.1 Å². The number of nitrogens with zero attached hydrogens (tertiary/aromatic N) is 5. The van der Waals surface area contributed by atoms with Gasteiger partial charge in [-0.25, -0.2) is 17.4 Å². The van der Waals surface area contributed by atoms with Crippen molar-refractivity contribution in [3.63, 3.8) is 0 Å². The van der Waals surface area contributed by atoms with Crippen molar-refractivity contribution in [2.24, 2.45) is 7.05 Å². The summed E-state index contributed by atoms with van der Waals surface area (Å²) in [5.41, 5.74) is 1.33. The summed E-state index contributed by atoms with van der Waals surface area (Å²) in [5.74, 6) is 0. The molecule has 0 N–H and O–H groups in total. The Kier molecular flexibility index (Phi) is 4.21. The summed E-state index contributed by atoms with van der Waals surface area (Å²) in [6.45, 7) is 0.